The van der Waals surface area contributed by atoms with Crippen LogP contribution in [-0.4, -0.2) is 4.98 Å². The molecule has 0 radical (unpaired) electrons. The fraction of sp³-hybridized carbons (Fsp3) is 0.391. The summed E-state index contributed by atoms with van der Waals surface area (Å²) in [5.74, 6) is 0.631. The lowest BCUT2D eigenvalue weighted by Gasteiger charge is -2.15. The highest BCUT2D eigenvalue weighted by Gasteiger charge is 2.10. The van der Waals surface area contributed by atoms with Gasteiger partial charge in [-0.3, -0.25) is 0 Å². The highest BCUT2D eigenvalue weighted by molar-refractivity contribution is 5.85. The van der Waals surface area contributed by atoms with Crippen molar-refractivity contribution in [3.8, 4) is 11.1 Å². The van der Waals surface area contributed by atoms with Gasteiger partial charge in [-0.25, -0.2) is 0 Å². The predicted octanol–water partition coefficient (Wildman–Crippen LogP) is 7.08. The molecule has 0 aliphatic carbocycles. The second-order valence-electron chi connectivity index (χ2n) is 7.04. The highest BCUT2D eigenvalue weighted by atomic mass is 14.7. The zero-order valence-electron chi connectivity index (χ0n) is 15.2. The van der Waals surface area contributed by atoms with Gasteiger partial charge in [-0.2, -0.15) is 0 Å². The molecule has 3 aromatic rings. The number of hydrogen-bond acceptors (Lipinski definition) is 0. The molecule has 2 aromatic carbocycles. The largest absolute Gasteiger partial charge is 0.361 e. The molecule has 1 heteroatoms. The molecule has 126 valence electrons. The smallest absolute Gasteiger partial charge is 0.0454 e. The molecule has 1 N–H and O–H groups in total. The Balaban J connectivity index is 2.02. The molecule has 1 unspecified atom stereocenters. The van der Waals surface area contributed by atoms with E-state index in [4.69, 9.17) is 0 Å². The van der Waals surface area contributed by atoms with Crippen molar-refractivity contribution >= 4 is 10.9 Å². The summed E-state index contributed by atoms with van der Waals surface area (Å²) in [6.07, 6.45) is 8.21. The minimum absolute atomic E-state index is 0.631. The summed E-state index contributed by atoms with van der Waals surface area (Å²) < 4.78 is 0. The molecule has 1 aromatic heterocycles. The van der Waals surface area contributed by atoms with E-state index >= 15 is 0 Å². The first-order valence-electron chi connectivity index (χ1n) is 9.42. The summed E-state index contributed by atoms with van der Waals surface area (Å²) >= 11 is 0. The Morgan fingerprint density at radius 3 is 2.58 bits per heavy atom. The number of aromatic amines is 1. The van der Waals surface area contributed by atoms with E-state index in [1.54, 1.807) is 0 Å². The molecule has 1 heterocycles. The molecule has 0 aliphatic rings. The number of H-pyrrole nitrogens is 1. The minimum atomic E-state index is 0.631. The van der Waals surface area contributed by atoms with Crippen LogP contribution in [0.5, 0.6) is 0 Å². The molecular weight excluding hydrogens is 290 g/mol. The Kier molecular flexibility index (Phi) is 5.40. The Morgan fingerprint density at radius 2 is 1.79 bits per heavy atom. The van der Waals surface area contributed by atoms with Crippen molar-refractivity contribution in [2.75, 3.05) is 0 Å². The van der Waals surface area contributed by atoms with Crippen LogP contribution in [0.15, 0.2) is 48.7 Å². The molecule has 0 aliphatic heterocycles. The van der Waals surface area contributed by atoms with E-state index in [1.807, 2.05) is 6.20 Å². The lowest BCUT2D eigenvalue weighted by molar-refractivity contribution is 0.663. The van der Waals surface area contributed by atoms with E-state index in [9.17, 15) is 0 Å². The summed E-state index contributed by atoms with van der Waals surface area (Å²) in [7, 11) is 0. The fourth-order valence-corrected chi connectivity index (χ4v) is 3.53. The monoisotopic (exact) mass is 319 g/mol. The molecule has 0 amide bonds. The maximum atomic E-state index is 3.28. The van der Waals surface area contributed by atoms with Gasteiger partial charge in [0.15, 0.2) is 0 Å². The van der Waals surface area contributed by atoms with Crippen LogP contribution in [0.1, 0.15) is 63.5 Å². The number of aryl methyl sites for hydroxylation is 1. The summed E-state index contributed by atoms with van der Waals surface area (Å²) in [5, 5.41) is 1.29. The van der Waals surface area contributed by atoms with Gasteiger partial charge in [0.1, 0.15) is 0 Å². The van der Waals surface area contributed by atoms with Crippen molar-refractivity contribution < 1.29 is 0 Å². The van der Waals surface area contributed by atoms with E-state index in [-0.39, 0.29) is 0 Å². The second-order valence-corrected chi connectivity index (χ2v) is 7.04. The van der Waals surface area contributed by atoms with Gasteiger partial charge in [-0.15, -0.1) is 0 Å². The van der Waals surface area contributed by atoms with Crippen LogP contribution in [0.4, 0.5) is 0 Å². The van der Waals surface area contributed by atoms with Crippen molar-refractivity contribution in [3.63, 3.8) is 0 Å². The average Bonchev–Trinajstić information content (AvgIpc) is 3.07. The molecule has 0 saturated carbocycles. The number of hydrogen-bond donors (Lipinski definition) is 1. The number of unbranched alkanes of at least 4 members (excludes halogenated alkanes) is 1. The SMILES string of the molecule is CCCCc1cc(-c2ccc3[nH]ccc3c2)cc(C(C)CCC)c1. The van der Waals surface area contributed by atoms with Crippen LogP contribution in [0.2, 0.25) is 0 Å². The molecule has 1 nitrogen and oxygen atoms in total. The third-order valence-corrected chi connectivity index (χ3v) is 5.01. The Bertz CT molecular complexity index is 797. The Hall–Kier alpha value is -2.02. The molecule has 3 rings (SSSR count). The van der Waals surface area contributed by atoms with Crippen LogP contribution >= 0.6 is 0 Å². The molecular formula is C23H29N. The Morgan fingerprint density at radius 1 is 0.917 bits per heavy atom. The number of fused-ring (bicyclic) bond motifs is 1. The fourth-order valence-electron chi connectivity index (χ4n) is 3.53. The summed E-state index contributed by atoms with van der Waals surface area (Å²) in [6, 6.07) is 16.1. The van der Waals surface area contributed by atoms with Gasteiger partial charge in [0.25, 0.3) is 0 Å². The lowest BCUT2D eigenvalue weighted by atomic mass is 9.90. The number of benzene rings is 2. The average molecular weight is 319 g/mol. The topological polar surface area (TPSA) is 15.8 Å². The van der Waals surface area contributed by atoms with E-state index in [1.165, 1.54) is 65.3 Å². The minimum Gasteiger partial charge on any atom is -0.361 e. The quantitative estimate of drug-likeness (QED) is 0.479. The van der Waals surface area contributed by atoms with Gasteiger partial charge in [-0.05, 0) is 71.0 Å². The molecule has 0 bridgehead atoms. The van der Waals surface area contributed by atoms with Crippen molar-refractivity contribution in [1.82, 2.24) is 4.98 Å². The Labute approximate surface area is 146 Å². The van der Waals surface area contributed by atoms with E-state index in [0.717, 1.165) is 0 Å². The van der Waals surface area contributed by atoms with E-state index in [0.29, 0.717) is 5.92 Å². The van der Waals surface area contributed by atoms with Crippen LogP contribution in [0.25, 0.3) is 22.0 Å². The third-order valence-electron chi connectivity index (χ3n) is 5.01. The molecule has 0 spiro atoms. The van der Waals surface area contributed by atoms with Gasteiger partial charge >= 0.3 is 0 Å². The van der Waals surface area contributed by atoms with Gasteiger partial charge in [0.05, 0.1) is 0 Å². The first-order valence-corrected chi connectivity index (χ1v) is 9.42. The lowest BCUT2D eigenvalue weighted by Crippen LogP contribution is -1.97. The van der Waals surface area contributed by atoms with Crippen LogP contribution < -0.4 is 0 Å². The van der Waals surface area contributed by atoms with Gasteiger partial charge in [-0.1, -0.05) is 57.9 Å². The molecule has 0 saturated heterocycles. The van der Waals surface area contributed by atoms with Crippen molar-refractivity contribution in [3.05, 3.63) is 59.8 Å². The van der Waals surface area contributed by atoms with Crippen molar-refractivity contribution in [2.45, 2.75) is 58.8 Å². The number of rotatable bonds is 7. The van der Waals surface area contributed by atoms with Crippen LogP contribution in [0.3, 0.4) is 0 Å². The zero-order valence-corrected chi connectivity index (χ0v) is 15.2. The standard InChI is InChI=1S/C23H29N/c1-4-6-8-18-13-21(17(3)7-5-2)16-22(14-18)19-9-10-23-20(15-19)11-12-24-23/h9-17,24H,4-8H2,1-3H3. The van der Waals surface area contributed by atoms with Crippen molar-refractivity contribution in [1.29, 1.82) is 0 Å². The first kappa shape index (κ1) is 16.8. The first-order chi connectivity index (χ1) is 11.7. The highest BCUT2D eigenvalue weighted by Crippen LogP contribution is 2.30. The van der Waals surface area contributed by atoms with Gasteiger partial charge in [0, 0.05) is 11.7 Å². The van der Waals surface area contributed by atoms with E-state index in [2.05, 4.69) is 68.2 Å². The summed E-state index contributed by atoms with van der Waals surface area (Å²) in [6.45, 7) is 6.91. The number of aromatic nitrogens is 1. The van der Waals surface area contributed by atoms with E-state index < -0.39 is 0 Å². The maximum Gasteiger partial charge on any atom is 0.0454 e. The molecule has 1 atom stereocenters. The van der Waals surface area contributed by atoms with Crippen LogP contribution in [0, 0.1) is 0 Å². The third kappa shape index (κ3) is 3.72. The molecule has 24 heavy (non-hydrogen) atoms. The summed E-state index contributed by atoms with van der Waals surface area (Å²) in [5.41, 5.74) is 6.88. The normalized spacial score (nSPS) is 12.6. The molecule has 0 fully saturated rings. The van der Waals surface area contributed by atoms with Gasteiger partial charge < -0.3 is 4.98 Å². The van der Waals surface area contributed by atoms with Crippen LogP contribution in [-0.2, 0) is 6.42 Å². The zero-order chi connectivity index (χ0) is 16.9. The maximum absolute atomic E-state index is 3.28. The number of nitrogens with one attached hydrogen (secondary N) is 1. The summed E-state index contributed by atoms with van der Waals surface area (Å²) in [4.78, 5) is 3.28. The van der Waals surface area contributed by atoms with Gasteiger partial charge in [0.2, 0.25) is 0 Å². The van der Waals surface area contributed by atoms with Crippen molar-refractivity contribution in [2.24, 2.45) is 0 Å². The second kappa shape index (κ2) is 7.70. The predicted molar refractivity (Wildman–Crippen MR) is 106 cm³/mol.